The maximum atomic E-state index is 5.55. The summed E-state index contributed by atoms with van der Waals surface area (Å²) in [6.45, 7) is 0.575. The summed E-state index contributed by atoms with van der Waals surface area (Å²) in [7, 11) is 0. The standard InChI is InChI=1S/C10H11N3.2ClH/c11-5-8-2-1-3-9(4-8)10-6-12-13-7-10;;/h1-4,6-7H,5,11H2,(H,12,13);2*1H. The fraction of sp³-hybridized carbons (Fsp3) is 0.100. The Morgan fingerprint density at radius 2 is 2.00 bits per heavy atom. The van der Waals surface area contributed by atoms with Crippen LogP contribution in [0.15, 0.2) is 36.7 Å². The molecule has 1 heterocycles. The molecule has 2 rings (SSSR count). The Hall–Kier alpha value is -1.03. The molecular weight excluding hydrogens is 233 g/mol. The molecule has 0 fully saturated rings. The first-order valence-corrected chi connectivity index (χ1v) is 4.18. The van der Waals surface area contributed by atoms with Gasteiger partial charge in [0, 0.05) is 18.3 Å². The van der Waals surface area contributed by atoms with Crippen molar-refractivity contribution in [3.63, 3.8) is 0 Å². The van der Waals surface area contributed by atoms with E-state index in [1.165, 1.54) is 0 Å². The third kappa shape index (κ3) is 3.23. The van der Waals surface area contributed by atoms with E-state index in [1.54, 1.807) is 6.20 Å². The smallest absolute Gasteiger partial charge is 0.0565 e. The van der Waals surface area contributed by atoms with Gasteiger partial charge in [-0.15, -0.1) is 24.8 Å². The minimum Gasteiger partial charge on any atom is -0.326 e. The first kappa shape index (κ1) is 14.0. The fourth-order valence-electron chi connectivity index (χ4n) is 1.29. The third-order valence-electron chi connectivity index (χ3n) is 1.99. The lowest BCUT2D eigenvalue weighted by atomic mass is 10.1. The fourth-order valence-corrected chi connectivity index (χ4v) is 1.29. The van der Waals surface area contributed by atoms with Gasteiger partial charge in [0.2, 0.25) is 0 Å². The monoisotopic (exact) mass is 245 g/mol. The van der Waals surface area contributed by atoms with Crippen molar-refractivity contribution in [2.45, 2.75) is 6.54 Å². The van der Waals surface area contributed by atoms with Crippen molar-refractivity contribution >= 4 is 24.8 Å². The average molecular weight is 246 g/mol. The van der Waals surface area contributed by atoms with E-state index >= 15 is 0 Å². The third-order valence-corrected chi connectivity index (χ3v) is 1.99. The van der Waals surface area contributed by atoms with E-state index in [2.05, 4.69) is 16.3 Å². The molecule has 0 bridgehead atoms. The molecule has 0 radical (unpaired) electrons. The molecule has 0 aliphatic rings. The molecule has 0 spiro atoms. The molecule has 0 aliphatic heterocycles. The number of benzene rings is 1. The van der Waals surface area contributed by atoms with Crippen molar-refractivity contribution in [1.29, 1.82) is 0 Å². The Balaban J connectivity index is 0.000000980. The minimum atomic E-state index is 0. The van der Waals surface area contributed by atoms with Gasteiger partial charge < -0.3 is 5.73 Å². The van der Waals surface area contributed by atoms with Crippen LogP contribution < -0.4 is 5.73 Å². The quantitative estimate of drug-likeness (QED) is 0.854. The largest absolute Gasteiger partial charge is 0.326 e. The zero-order valence-corrected chi connectivity index (χ0v) is 9.65. The topological polar surface area (TPSA) is 54.7 Å². The van der Waals surface area contributed by atoms with Gasteiger partial charge >= 0.3 is 0 Å². The van der Waals surface area contributed by atoms with E-state index in [4.69, 9.17) is 5.73 Å². The van der Waals surface area contributed by atoms with Gasteiger partial charge in [0.25, 0.3) is 0 Å². The van der Waals surface area contributed by atoms with Crippen molar-refractivity contribution in [3.05, 3.63) is 42.2 Å². The predicted molar refractivity (Wildman–Crippen MR) is 66.4 cm³/mol. The normalized spacial score (nSPS) is 8.87. The molecule has 0 saturated heterocycles. The Morgan fingerprint density at radius 3 is 2.60 bits per heavy atom. The van der Waals surface area contributed by atoms with Crippen LogP contribution in [0.25, 0.3) is 11.1 Å². The number of aromatic nitrogens is 2. The number of nitrogens with zero attached hydrogens (tertiary/aromatic N) is 1. The van der Waals surface area contributed by atoms with Crippen LogP contribution in [0.5, 0.6) is 0 Å². The van der Waals surface area contributed by atoms with E-state index in [0.717, 1.165) is 16.7 Å². The Labute approximate surface area is 101 Å². The molecule has 0 amide bonds. The molecule has 15 heavy (non-hydrogen) atoms. The van der Waals surface area contributed by atoms with Gasteiger partial charge in [-0.1, -0.05) is 18.2 Å². The molecule has 0 saturated carbocycles. The van der Waals surface area contributed by atoms with Crippen LogP contribution in [0, 0.1) is 0 Å². The lowest BCUT2D eigenvalue weighted by Crippen LogP contribution is -1.95. The van der Waals surface area contributed by atoms with E-state index in [0.29, 0.717) is 6.54 Å². The van der Waals surface area contributed by atoms with E-state index in [-0.39, 0.29) is 24.8 Å². The second-order valence-electron chi connectivity index (χ2n) is 2.89. The Kier molecular flexibility index (Phi) is 6.01. The minimum absolute atomic E-state index is 0. The van der Waals surface area contributed by atoms with Crippen molar-refractivity contribution in [3.8, 4) is 11.1 Å². The lowest BCUT2D eigenvalue weighted by molar-refractivity contribution is 1.07. The van der Waals surface area contributed by atoms with Crippen molar-refractivity contribution in [2.24, 2.45) is 5.73 Å². The summed E-state index contributed by atoms with van der Waals surface area (Å²) in [4.78, 5) is 0. The lowest BCUT2D eigenvalue weighted by Gasteiger charge is -1.99. The highest BCUT2D eigenvalue weighted by Crippen LogP contribution is 2.18. The second-order valence-corrected chi connectivity index (χ2v) is 2.89. The van der Waals surface area contributed by atoms with Crippen LogP contribution in [0.1, 0.15) is 5.56 Å². The zero-order valence-electron chi connectivity index (χ0n) is 8.01. The number of hydrogen-bond donors (Lipinski definition) is 2. The number of aromatic amines is 1. The van der Waals surface area contributed by atoms with Gasteiger partial charge in [-0.25, -0.2) is 0 Å². The summed E-state index contributed by atoms with van der Waals surface area (Å²) < 4.78 is 0. The van der Waals surface area contributed by atoms with Gasteiger partial charge in [0.1, 0.15) is 0 Å². The predicted octanol–water partition coefficient (Wildman–Crippen LogP) is 2.38. The number of nitrogens with one attached hydrogen (secondary N) is 1. The van der Waals surface area contributed by atoms with E-state index < -0.39 is 0 Å². The molecule has 82 valence electrons. The van der Waals surface area contributed by atoms with Crippen molar-refractivity contribution < 1.29 is 0 Å². The maximum absolute atomic E-state index is 5.55. The van der Waals surface area contributed by atoms with Crippen LogP contribution in [-0.2, 0) is 6.54 Å². The van der Waals surface area contributed by atoms with Gasteiger partial charge in [-0.3, -0.25) is 5.10 Å². The first-order valence-electron chi connectivity index (χ1n) is 4.18. The molecule has 5 heteroatoms. The Bertz CT molecular complexity index is 387. The summed E-state index contributed by atoms with van der Waals surface area (Å²) in [5.41, 5.74) is 8.93. The zero-order chi connectivity index (χ0) is 9.10. The average Bonchev–Trinajstić information content (AvgIpc) is 2.71. The number of H-pyrrole nitrogens is 1. The van der Waals surface area contributed by atoms with Gasteiger partial charge in [-0.05, 0) is 17.2 Å². The van der Waals surface area contributed by atoms with Crippen LogP contribution >= 0.6 is 24.8 Å². The van der Waals surface area contributed by atoms with E-state index in [9.17, 15) is 0 Å². The van der Waals surface area contributed by atoms with Crippen molar-refractivity contribution in [2.75, 3.05) is 0 Å². The first-order chi connectivity index (χ1) is 6.40. The molecule has 0 atom stereocenters. The maximum Gasteiger partial charge on any atom is 0.0565 e. The van der Waals surface area contributed by atoms with Gasteiger partial charge in [-0.2, -0.15) is 5.10 Å². The molecule has 3 nitrogen and oxygen atoms in total. The molecular formula is C10H13Cl2N3. The van der Waals surface area contributed by atoms with Crippen LogP contribution in [0.2, 0.25) is 0 Å². The highest BCUT2D eigenvalue weighted by molar-refractivity contribution is 5.85. The molecule has 1 aromatic heterocycles. The van der Waals surface area contributed by atoms with E-state index in [1.807, 2.05) is 24.4 Å². The second kappa shape index (κ2) is 6.45. The summed E-state index contributed by atoms with van der Waals surface area (Å²) in [5.74, 6) is 0. The summed E-state index contributed by atoms with van der Waals surface area (Å²) in [5, 5.41) is 6.68. The molecule has 3 N–H and O–H groups in total. The number of nitrogens with two attached hydrogens (primary N) is 1. The molecule has 0 aliphatic carbocycles. The molecule has 0 unspecified atom stereocenters. The molecule has 1 aromatic carbocycles. The summed E-state index contributed by atoms with van der Waals surface area (Å²) >= 11 is 0. The van der Waals surface area contributed by atoms with Gasteiger partial charge in [0.15, 0.2) is 0 Å². The van der Waals surface area contributed by atoms with Gasteiger partial charge in [0.05, 0.1) is 6.20 Å². The number of halogens is 2. The highest BCUT2D eigenvalue weighted by atomic mass is 35.5. The number of rotatable bonds is 2. The summed E-state index contributed by atoms with van der Waals surface area (Å²) in [6.07, 6.45) is 3.67. The number of hydrogen-bond acceptors (Lipinski definition) is 2. The van der Waals surface area contributed by atoms with Crippen LogP contribution in [0.4, 0.5) is 0 Å². The SMILES string of the molecule is Cl.Cl.NCc1cccc(-c2cn[nH]c2)c1. The molecule has 2 aromatic rings. The van der Waals surface area contributed by atoms with Crippen LogP contribution in [-0.4, -0.2) is 10.2 Å². The van der Waals surface area contributed by atoms with Crippen LogP contribution in [0.3, 0.4) is 0 Å². The van der Waals surface area contributed by atoms with Crippen molar-refractivity contribution in [1.82, 2.24) is 10.2 Å². The highest BCUT2D eigenvalue weighted by Gasteiger charge is 1.98. The Morgan fingerprint density at radius 1 is 1.20 bits per heavy atom. The summed E-state index contributed by atoms with van der Waals surface area (Å²) in [6, 6.07) is 8.14.